The number of aromatic nitrogens is 2. The Labute approximate surface area is 188 Å². The van der Waals surface area contributed by atoms with Crippen molar-refractivity contribution < 1.29 is 25.2 Å². The zero-order valence-electron chi connectivity index (χ0n) is 16.8. The lowest BCUT2D eigenvalue weighted by Crippen LogP contribution is -2.58. The first-order valence-corrected chi connectivity index (χ1v) is 10.7. The van der Waals surface area contributed by atoms with Gasteiger partial charge in [0.25, 0.3) is 0 Å². The van der Waals surface area contributed by atoms with E-state index in [1.165, 1.54) is 5.56 Å². The van der Waals surface area contributed by atoms with Gasteiger partial charge in [0.05, 0.1) is 18.7 Å². The maximum absolute atomic E-state index is 10.2. The Morgan fingerprint density at radius 2 is 1.84 bits per heavy atom. The van der Waals surface area contributed by atoms with E-state index in [4.69, 9.17) is 4.74 Å². The third-order valence-corrected chi connectivity index (χ3v) is 5.79. The van der Waals surface area contributed by atoms with Crippen LogP contribution in [0.15, 0.2) is 47.1 Å². The summed E-state index contributed by atoms with van der Waals surface area (Å²) < 4.78 is 8.14. The van der Waals surface area contributed by atoms with Gasteiger partial charge in [-0.3, -0.25) is 4.68 Å². The molecule has 31 heavy (non-hydrogen) atoms. The molecular formula is C23H23BrN2O5. The van der Waals surface area contributed by atoms with E-state index < -0.39 is 37.1 Å². The number of aryl methyl sites for hydroxylation is 1. The van der Waals surface area contributed by atoms with E-state index in [2.05, 4.69) is 57.1 Å². The summed E-state index contributed by atoms with van der Waals surface area (Å²) in [6.45, 7) is 2.17. The third-order valence-electron chi connectivity index (χ3n) is 5.33. The molecule has 0 spiro atoms. The number of fused-ring (bicyclic) bond motifs is 1. The summed E-state index contributed by atoms with van der Waals surface area (Å²) in [5.74, 6) is 5.79. The monoisotopic (exact) mass is 486 g/mol. The van der Waals surface area contributed by atoms with E-state index in [1.807, 2.05) is 29.9 Å². The predicted octanol–water partition coefficient (Wildman–Crippen LogP) is 1.35. The van der Waals surface area contributed by atoms with Crippen molar-refractivity contribution in [2.24, 2.45) is 0 Å². The Kier molecular flexibility index (Phi) is 6.44. The largest absolute Gasteiger partial charge is 0.394 e. The van der Waals surface area contributed by atoms with Crippen molar-refractivity contribution in [2.45, 2.75) is 44.0 Å². The molecule has 8 heteroatoms. The molecule has 4 rings (SSSR count). The lowest BCUT2D eigenvalue weighted by Gasteiger charge is -2.37. The minimum Gasteiger partial charge on any atom is -0.394 e. The van der Waals surface area contributed by atoms with Gasteiger partial charge in [0.1, 0.15) is 36.0 Å². The van der Waals surface area contributed by atoms with Crippen LogP contribution in [0.4, 0.5) is 0 Å². The second-order valence-corrected chi connectivity index (χ2v) is 8.64. The van der Waals surface area contributed by atoms with Crippen molar-refractivity contribution >= 4 is 26.8 Å². The standard InChI is InChI=1S/C23H23BrN2O5/c1-13-2-4-14(5-3-13)10-26-11-16-9-17(24)8-15(20(16)25-26)6-7-18-21(28)23(30)22(29)19(12-27)31-18/h2-5,8-9,11,18-19,21-23,27-30H,10,12H2,1H3/t18-,19-,21-,22-,23-/m1/s1. The molecule has 1 aliphatic heterocycles. The van der Waals surface area contributed by atoms with Crippen LogP contribution in [0.3, 0.4) is 0 Å². The lowest BCUT2D eigenvalue weighted by molar-refractivity contribution is -0.214. The Balaban J connectivity index is 1.64. The summed E-state index contributed by atoms with van der Waals surface area (Å²) >= 11 is 3.49. The van der Waals surface area contributed by atoms with Crippen LogP contribution in [0, 0.1) is 18.8 Å². The number of halogens is 1. The van der Waals surface area contributed by atoms with Crippen LogP contribution in [0.25, 0.3) is 10.9 Å². The second kappa shape index (κ2) is 9.09. The number of aliphatic hydroxyl groups is 4. The van der Waals surface area contributed by atoms with Crippen molar-refractivity contribution in [1.82, 2.24) is 9.78 Å². The van der Waals surface area contributed by atoms with Crippen molar-refractivity contribution in [2.75, 3.05) is 6.61 Å². The number of ether oxygens (including phenoxy) is 1. The third kappa shape index (κ3) is 4.67. The minimum atomic E-state index is -1.46. The molecular weight excluding hydrogens is 464 g/mol. The van der Waals surface area contributed by atoms with E-state index in [1.54, 1.807) is 0 Å². The highest BCUT2D eigenvalue weighted by Crippen LogP contribution is 2.25. The molecule has 2 aromatic carbocycles. The minimum absolute atomic E-state index is 0.492. The Morgan fingerprint density at radius 3 is 2.55 bits per heavy atom. The van der Waals surface area contributed by atoms with Gasteiger partial charge in [0.15, 0.2) is 0 Å². The molecule has 1 fully saturated rings. The Morgan fingerprint density at radius 1 is 1.10 bits per heavy atom. The molecule has 1 aliphatic rings. The van der Waals surface area contributed by atoms with Crippen LogP contribution in [0.5, 0.6) is 0 Å². The summed E-state index contributed by atoms with van der Waals surface area (Å²) in [4.78, 5) is 0. The van der Waals surface area contributed by atoms with Crippen LogP contribution < -0.4 is 0 Å². The number of nitrogens with zero attached hydrogens (tertiary/aromatic N) is 2. The van der Waals surface area contributed by atoms with Gasteiger partial charge < -0.3 is 25.2 Å². The zero-order chi connectivity index (χ0) is 22.1. The van der Waals surface area contributed by atoms with Gasteiger partial charge in [-0.1, -0.05) is 57.6 Å². The second-order valence-electron chi connectivity index (χ2n) is 7.72. The number of rotatable bonds is 3. The van der Waals surface area contributed by atoms with Gasteiger partial charge in [-0.05, 0) is 24.6 Å². The highest BCUT2D eigenvalue weighted by molar-refractivity contribution is 9.10. The van der Waals surface area contributed by atoms with Gasteiger partial charge >= 0.3 is 0 Å². The van der Waals surface area contributed by atoms with Gasteiger partial charge in [-0.2, -0.15) is 5.10 Å². The average Bonchev–Trinajstić information content (AvgIpc) is 3.15. The molecule has 1 aromatic heterocycles. The van der Waals surface area contributed by atoms with Crippen LogP contribution >= 0.6 is 15.9 Å². The summed E-state index contributed by atoms with van der Waals surface area (Å²) in [5.41, 5.74) is 3.66. The molecule has 5 atom stereocenters. The van der Waals surface area contributed by atoms with E-state index >= 15 is 0 Å². The summed E-state index contributed by atoms with van der Waals surface area (Å²) in [6, 6.07) is 12.0. The highest BCUT2D eigenvalue weighted by Gasteiger charge is 2.42. The molecule has 2 heterocycles. The molecule has 0 radical (unpaired) electrons. The van der Waals surface area contributed by atoms with Crippen LogP contribution in [0.2, 0.25) is 0 Å². The number of aliphatic hydroxyl groups excluding tert-OH is 4. The van der Waals surface area contributed by atoms with Gasteiger partial charge in [0.2, 0.25) is 0 Å². The van der Waals surface area contributed by atoms with Crippen LogP contribution in [-0.2, 0) is 11.3 Å². The smallest absolute Gasteiger partial charge is 0.147 e. The van der Waals surface area contributed by atoms with Crippen molar-refractivity contribution in [3.63, 3.8) is 0 Å². The highest BCUT2D eigenvalue weighted by atomic mass is 79.9. The normalized spacial score (nSPS) is 25.9. The molecule has 0 amide bonds. The quantitative estimate of drug-likeness (QED) is 0.416. The number of hydrogen-bond donors (Lipinski definition) is 4. The molecule has 0 unspecified atom stereocenters. The molecule has 1 saturated heterocycles. The molecule has 4 N–H and O–H groups in total. The van der Waals surface area contributed by atoms with Crippen molar-refractivity contribution in [3.05, 3.63) is 63.8 Å². The molecule has 0 bridgehead atoms. The fraction of sp³-hybridized carbons (Fsp3) is 0.348. The van der Waals surface area contributed by atoms with E-state index in [0.29, 0.717) is 17.6 Å². The summed E-state index contributed by atoms with van der Waals surface area (Å²) in [6.07, 6.45) is -4.37. The van der Waals surface area contributed by atoms with Crippen molar-refractivity contribution in [1.29, 1.82) is 0 Å². The summed E-state index contributed by atoms with van der Waals surface area (Å²) in [7, 11) is 0. The molecule has 7 nitrogen and oxygen atoms in total. The van der Waals surface area contributed by atoms with Gasteiger partial charge in [0, 0.05) is 16.1 Å². The van der Waals surface area contributed by atoms with E-state index in [0.717, 1.165) is 15.4 Å². The van der Waals surface area contributed by atoms with E-state index in [9.17, 15) is 20.4 Å². The predicted molar refractivity (Wildman–Crippen MR) is 118 cm³/mol. The van der Waals surface area contributed by atoms with Gasteiger partial charge in [-0.25, -0.2) is 0 Å². The van der Waals surface area contributed by atoms with Crippen LogP contribution in [-0.4, -0.2) is 67.3 Å². The number of hydrogen-bond acceptors (Lipinski definition) is 6. The molecule has 0 aliphatic carbocycles. The fourth-order valence-electron chi connectivity index (χ4n) is 3.57. The maximum Gasteiger partial charge on any atom is 0.147 e. The first kappa shape index (κ1) is 22.0. The van der Waals surface area contributed by atoms with E-state index in [-0.39, 0.29) is 0 Å². The van der Waals surface area contributed by atoms with Gasteiger partial charge in [-0.15, -0.1) is 0 Å². The zero-order valence-corrected chi connectivity index (χ0v) is 18.4. The maximum atomic E-state index is 10.2. The van der Waals surface area contributed by atoms with Crippen LogP contribution in [0.1, 0.15) is 16.7 Å². The molecule has 162 valence electrons. The average molecular weight is 487 g/mol. The lowest BCUT2D eigenvalue weighted by atomic mass is 9.95. The Hall–Kier alpha value is -2.25. The first-order valence-electron chi connectivity index (χ1n) is 9.90. The summed E-state index contributed by atoms with van der Waals surface area (Å²) in [5, 5.41) is 45.0. The Bertz CT molecular complexity index is 1130. The SMILES string of the molecule is Cc1ccc(Cn2cc3cc(Br)cc(C#C[C@H]4O[C@H](CO)[C@@H](O)[C@H](O)[C@@H]4O)c3n2)cc1. The number of benzene rings is 2. The molecule has 0 saturated carbocycles. The fourth-order valence-corrected chi connectivity index (χ4v) is 4.05. The topological polar surface area (TPSA) is 108 Å². The first-order chi connectivity index (χ1) is 14.9. The molecule has 3 aromatic rings. The van der Waals surface area contributed by atoms with Crippen molar-refractivity contribution in [3.8, 4) is 11.8 Å².